The predicted octanol–water partition coefficient (Wildman–Crippen LogP) is 1.56. The summed E-state index contributed by atoms with van der Waals surface area (Å²) in [5.41, 5.74) is -1.35. The van der Waals surface area contributed by atoms with Crippen LogP contribution in [0.1, 0.15) is 16.1 Å². The Balaban J connectivity index is 2.21. The Morgan fingerprint density at radius 1 is 1.36 bits per heavy atom. The lowest BCUT2D eigenvalue weighted by Gasteiger charge is -2.10. The molecule has 7 nitrogen and oxygen atoms in total. The van der Waals surface area contributed by atoms with E-state index in [1.165, 1.54) is 31.3 Å². The van der Waals surface area contributed by atoms with Crippen molar-refractivity contribution in [3.8, 4) is 17.2 Å². The minimum Gasteiger partial charge on any atom is -0.476 e. The highest BCUT2D eigenvalue weighted by Gasteiger charge is 2.44. The highest BCUT2D eigenvalue weighted by atomic mass is 19.3. The molecule has 114 valence electrons. The topological polar surface area (TPSA) is 90.7 Å². The van der Waals surface area contributed by atoms with Crippen LogP contribution in [0.4, 0.5) is 8.78 Å². The van der Waals surface area contributed by atoms with Gasteiger partial charge in [-0.2, -0.15) is 5.10 Å². The van der Waals surface area contributed by atoms with Crippen LogP contribution in [-0.2, 0) is 0 Å². The molecule has 0 spiro atoms. The SMILES string of the molecule is Cc1cn(-c2cccc3c2OC(F)(F)O3)nc(C(=O)O)c1=O. The summed E-state index contributed by atoms with van der Waals surface area (Å²) in [7, 11) is 0. The molecule has 0 aliphatic carbocycles. The van der Waals surface area contributed by atoms with Gasteiger partial charge in [-0.05, 0) is 19.1 Å². The highest BCUT2D eigenvalue weighted by molar-refractivity contribution is 5.85. The molecule has 1 N–H and O–H groups in total. The molecule has 0 atom stereocenters. The number of benzene rings is 1. The van der Waals surface area contributed by atoms with Gasteiger partial charge in [0.2, 0.25) is 11.1 Å². The van der Waals surface area contributed by atoms with Gasteiger partial charge < -0.3 is 14.6 Å². The number of aryl methyl sites for hydroxylation is 1. The molecule has 0 amide bonds. The quantitative estimate of drug-likeness (QED) is 0.905. The van der Waals surface area contributed by atoms with Crippen LogP contribution in [0.5, 0.6) is 11.5 Å². The number of carbonyl (C=O) groups is 1. The first-order valence-electron chi connectivity index (χ1n) is 6.01. The fourth-order valence-electron chi connectivity index (χ4n) is 2.01. The van der Waals surface area contributed by atoms with Gasteiger partial charge in [0, 0.05) is 11.8 Å². The van der Waals surface area contributed by atoms with E-state index in [2.05, 4.69) is 14.6 Å². The standard InChI is InChI=1S/C13H8F2N2O5/c1-6-5-17(16-9(10(6)18)12(19)20)7-3-2-4-8-11(7)22-13(14,15)21-8/h2-5H,1H3,(H,19,20). The van der Waals surface area contributed by atoms with E-state index in [1.54, 1.807) is 0 Å². The first kappa shape index (κ1) is 14.0. The molecule has 2 heterocycles. The maximum Gasteiger partial charge on any atom is 0.586 e. The molecule has 1 aromatic heterocycles. The summed E-state index contributed by atoms with van der Waals surface area (Å²) >= 11 is 0. The van der Waals surface area contributed by atoms with Crippen LogP contribution in [0.15, 0.2) is 29.2 Å². The summed E-state index contributed by atoms with van der Waals surface area (Å²) in [6.45, 7) is 1.39. The molecule has 1 aliphatic heterocycles. The van der Waals surface area contributed by atoms with E-state index in [-0.39, 0.29) is 22.7 Å². The summed E-state index contributed by atoms with van der Waals surface area (Å²) in [4.78, 5) is 22.7. The van der Waals surface area contributed by atoms with Crippen molar-refractivity contribution in [3.05, 3.63) is 45.9 Å². The first-order chi connectivity index (χ1) is 10.3. The number of para-hydroxylation sites is 1. The number of aromatic carboxylic acids is 1. The van der Waals surface area contributed by atoms with Crippen molar-refractivity contribution in [1.29, 1.82) is 0 Å². The van der Waals surface area contributed by atoms with Crippen LogP contribution in [-0.4, -0.2) is 27.2 Å². The third-order valence-electron chi connectivity index (χ3n) is 2.95. The van der Waals surface area contributed by atoms with Gasteiger partial charge in [0.05, 0.1) is 0 Å². The number of alkyl halides is 2. The molecule has 2 aromatic rings. The van der Waals surface area contributed by atoms with E-state index in [4.69, 9.17) is 5.11 Å². The fraction of sp³-hybridized carbons (Fsp3) is 0.154. The Morgan fingerprint density at radius 3 is 2.77 bits per heavy atom. The summed E-state index contributed by atoms with van der Waals surface area (Å²) in [5.74, 6) is -2.02. The largest absolute Gasteiger partial charge is 0.586 e. The third kappa shape index (κ3) is 2.16. The molecule has 0 radical (unpaired) electrons. The minimum atomic E-state index is -3.82. The van der Waals surface area contributed by atoms with E-state index >= 15 is 0 Å². The van der Waals surface area contributed by atoms with E-state index in [0.717, 1.165) is 4.68 Å². The van der Waals surface area contributed by atoms with Crippen LogP contribution in [0.3, 0.4) is 0 Å². The average Bonchev–Trinajstić information content (AvgIpc) is 2.74. The lowest BCUT2D eigenvalue weighted by Crippen LogP contribution is -2.26. The van der Waals surface area contributed by atoms with E-state index in [1.807, 2.05) is 0 Å². The number of carboxylic acids is 1. The zero-order valence-corrected chi connectivity index (χ0v) is 11.0. The van der Waals surface area contributed by atoms with Crippen molar-refractivity contribution in [1.82, 2.24) is 9.78 Å². The molecule has 9 heteroatoms. The van der Waals surface area contributed by atoms with Crippen molar-refractivity contribution in [2.45, 2.75) is 13.2 Å². The summed E-state index contributed by atoms with van der Waals surface area (Å²) in [6.07, 6.45) is -2.59. The molecule has 3 rings (SSSR count). The Kier molecular flexibility index (Phi) is 2.87. The van der Waals surface area contributed by atoms with Crippen molar-refractivity contribution in [2.75, 3.05) is 0 Å². The monoisotopic (exact) mass is 310 g/mol. The summed E-state index contributed by atoms with van der Waals surface area (Å²) in [6, 6.07) is 4.06. The number of hydrogen-bond acceptors (Lipinski definition) is 5. The predicted molar refractivity (Wildman–Crippen MR) is 67.7 cm³/mol. The van der Waals surface area contributed by atoms with Gasteiger partial charge in [-0.1, -0.05) is 6.07 Å². The number of fused-ring (bicyclic) bond motifs is 1. The molecule has 1 aliphatic rings. The van der Waals surface area contributed by atoms with Crippen LogP contribution in [0.25, 0.3) is 5.69 Å². The van der Waals surface area contributed by atoms with Gasteiger partial charge in [0.15, 0.2) is 11.5 Å². The minimum absolute atomic E-state index is 0.0280. The Bertz CT molecular complexity index is 847. The van der Waals surface area contributed by atoms with Crippen LogP contribution in [0.2, 0.25) is 0 Å². The second kappa shape index (κ2) is 4.52. The molecule has 22 heavy (non-hydrogen) atoms. The van der Waals surface area contributed by atoms with E-state index in [9.17, 15) is 18.4 Å². The second-order valence-corrected chi connectivity index (χ2v) is 4.51. The van der Waals surface area contributed by atoms with Crippen molar-refractivity contribution >= 4 is 5.97 Å². The molecular weight excluding hydrogens is 302 g/mol. The van der Waals surface area contributed by atoms with Crippen LogP contribution >= 0.6 is 0 Å². The molecule has 0 bridgehead atoms. The van der Waals surface area contributed by atoms with Gasteiger partial charge in [-0.3, -0.25) is 4.79 Å². The maximum atomic E-state index is 13.2. The smallest absolute Gasteiger partial charge is 0.476 e. The van der Waals surface area contributed by atoms with E-state index < -0.39 is 23.4 Å². The average molecular weight is 310 g/mol. The molecule has 0 unspecified atom stereocenters. The zero-order chi connectivity index (χ0) is 16.1. The van der Waals surface area contributed by atoms with Crippen molar-refractivity contribution < 1.29 is 28.2 Å². The summed E-state index contributed by atoms with van der Waals surface area (Å²) < 4.78 is 36.0. The normalized spacial score (nSPS) is 14.9. The first-order valence-corrected chi connectivity index (χ1v) is 6.01. The summed E-state index contributed by atoms with van der Waals surface area (Å²) in [5, 5.41) is 12.6. The number of aromatic nitrogens is 2. The number of nitrogens with zero attached hydrogens (tertiary/aromatic N) is 2. The number of halogens is 2. The Labute approximate surface area is 121 Å². The zero-order valence-electron chi connectivity index (χ0n) is 11.0. The van der Waals surface area contributed by atoms with Gasteiger partial charge in [0.25, 0.3) is 0 Å². The van der Waals surface area contributed by atoms with Crippen molar-refractivity contribution in [3.63, 3.8) is 0 Å². The number of rotatable bonds is 2. The van der Waals surface area contributed by atoms with Gasteiger partial charge in [-0.15, -0.1) is 8.78 Å². The third-order valence-corrected chi connectivity index (χ3v) is 2.95. The molecule has 0 saturated heterocycles. The van der Waals surface area contributed by atoms with Crippen LogP contribution < -0.4 is 14.9 Å². The lowest BCUT2D eigenvalue weighted by atomic mass is 10.2. The number of carboxylic acid groups (broad SMARTS) is 1. The van der Waals surface area contributed by atoms with Gasteiger partial charge in [-0.25, -0.2) is 9.48 Å². The highest BCUT2D eigenvalue weighted by Crippen LogP contribution is 2.44. The molecule has 1 aromatic carbocycles. The Hall–Kier alpha value is -2.97. The molecule has 0 fully saturated rings. The van der Waals surface area contributed by atoms with Crippen molar-refractivity contribution in [2.24, 2.45) is 0 Å². The van der Waals surface area contributed by atoms with Gasteiger partial charge >= 0.3 is 12.3 Å². The van der Waals surface area contributed by atoms with Crippen LogP contribution in [0, 0.1) is 6.92 Å². The fourth-order valence-corrected chi connectivity index (χ4v) is 2.01. The molecular formula is C13H8F2N2O5. The lowest BCUT2D eigenvalue weighted by molar-refractivity contribution is -0.286. The molecule has 0 saturated carbocycles. The Morgan fingerprint density at radius 2 is 2.09 bits per heavy atom. The maximum absolute atomic E-state index is 13.2. The number of ether oxygens (including phenoxy) is 2. The number of hydrogen-bond donors (Lipinski definition) is 1. The van der Waals surface area contributed by atoms with Gasteiger partial charge in [0.1, 0.15) is 5.69 Å². The van der Waals surface area contributed by atoms with E-state index in [0.29, 0.717) is 0 Å². The second-order valence-electron chi connectivity index (χ2n) is 4.51.